The van der Waals surface area contributed by atoms with Gasteiger partial charge in [0, 0.05) is 11.1 Å². The van der Waals surface area contributed by atoms with Crippen LogP contribution in [-0.4, -0.2) is 14.2 Å². The van der Waals surface area contributed by atoms with Gasteiger partial charge in [-0.2, -0.15) is 0 Å². The molecule has 0 heterocycles. The van der Waals surface area contributed by atoms with Gasteiger partial charge in [0.15, 0.2) is 0 Å². The van der Waals surface area contributed by atoms with Crippen molar-refractivity contribution in [2.75, 3.05) is 14.2 Å². The average Bonchev–Trinajstić information content (AvgIpc) is 2.38. The third kappa shape index (κ3) is 1.87. The van der Waals surface area contributed by atoms with Gasteiger partial charge in [-0.3, -0.25) is 0 Å². The Morgan fingerprint density at radius 3 is 2.31 bits per heavy atom. The van der Waals surface area contributed by atoms with Crippen molar-refractivity contribution in [2.24, 2.45) is 0 Å². The summed E-state index contributed by atoms with van der Waals surface area (Å²) in [4.78, 5) is 0. The zero-order chi connectivity index (χ0) is 11.4. The Labute approximate surface area is 95.4 Å². The molecule has 0 N–H and O–H groups in total. The lowest BCUT2D eigenvalue weighted by atomic mass is 10.0. The maximum atomic E-state index is 5.33. The molecule has 0 amide bonds. The van der Waals surface area contributed by atoms with Crippen LogP contribution < -0.4 is 9.47 Å². The molecule has 2 rings (SSSR count). The zero-order valence-electron chi connectivity index (χ0n) is 9.36. The SMILES string of the molecule is COc1c[c]ccc1-c1ccccc1OC. The van der Waals surface area contributed by atoms with Gasteiger partial charge in [-0.15, -0.1) is 0 Å². The van der Waals surface area contributed by atoms with Crippen LogP contribution in [0, 0.1) is 6.07 Å². The van der Waals surface area contributed by atoms with Gasteiger partial charge in [0.05, 0.1) is 14.2 Å². The highest BCUT2D eigenvalue weighted by atomic mass is 16.5. The van der Waals surface area contributed by atoms with Gasteiger partial charge >= 0.3 is 0 Å². The second kappa shape index (κ2) is 4.71. The first-order valence-electron chi connectivity index (χ1n) is 5.04. The number of ether oxygens (including phenoxy) is 2. The predicted molar refractivity (Wildman–Crippen MR) is 63.8 cm³/mol. The number of rotatable bonds is 3. The molecule has 0 saturated carbocycles. The van der Waals surface area contributed by atoms with Gasteiger partial charge in [0.25, 0.3) is 0 Å². The molecule has 0 bridgehead atoms. The summed E-state index contributed by atoms with van der Waals surface area (Å²) in [5.41, 5.74) is 2.04. The van der Waals surface area contributed by atoms with Crippen LogP contribution in [0.5, 0.6) is 11.5 Å². The van der Waals surface area contributed by atoms with Crippen LogP contribution >= 0.6 is 0 Å². The number of hydrogen-bond acceptors (Lipinski definition) is 2. The first-order chi connectivity index (χ1) is 7.86. The fraction of sp³-hybridized carbons (Fsp3) is 0.143. The van der Waals surface area contributed by atoms with E-state index in [0.717, 1.165) is 22.6 Å². The molecule has 0 unspecified atom stereocenters. The lowest BCUT2D eigenvalue weighted by Gasteiger charge is -2.11. The van der Waals surface area contributed by atoms with Crippen molar-refractivity contribution in [3.8, 4) is 22.6 Å². The van der Waals surface area contributed by atoms with Crippen molar-refractivity contribution in [2.45, 2.75) is 0 Å². The largest absolute Gasteiger partial charge is 0.496 e. The Bertz CT molecular complexity index is 432. The van der Waals surface area contributed by atoms with Crippen LogP contribution in [0.1, 0.15) is 0 Å². The molecule has 0 atom stereocenters. The van der Waals surface area contributed by atoms with Gasteiger partial charge in [-0.25, -0.2) is 0 Å². The zero-order valence-corrected chi connectivity index (χ0v) is 9.36. The van der Waals surface area contributed by atoms with Crippen LogP contribution in [0.2, 0.25) is 0 Å². The molecule has 16 heavy (non-hydrogen) atoms. The molecule has 2 aromatic rings. The summed E-state index contributed by atoms with van der Waals surface area (Å²) in [7, 11) is 3.32. The Morgan fingerprint density at radius 2 is 1.56 bits per heavy atom. The smallest absolute Gasteiger partial charge is 0.127 e. The quantitative estimate of drug-likeness (QED) is 0.779. The van der Waals surface area contributed by atoms with Gasteiger partial charge in [-0.1, -0.05) is 24.3 Å². The number of para-hydroxylation sites is 1. The molecule has 0 saturated heterocycles. The maximum Gasteiger partial charge on any atom is 0.127 e. The van der Waals surface area contributed by atoms with Gasteiger partial charge in [0.1, 0.15) is 11.5 Å². The van der Waals surface area contributed by atoms with E-state index < -0.39 is 0 Å². The van der Waals surface area contributed by atoms with Crippen molar-refractivity contribution in [3.63, 3.8) is 0 Å². The van der Waals surface area contributed by atoms with Crippen molar-refractivity contribution >= 4 is 0 Å². The second-order valence-electron chi connectivity index (χ2n) is 3.33. The summed E-state index contributed by atoms with van der Waals surface area (Å²) in [5.74, 6) is 1.64. The Hall–Kier alpha value is -1.96. The predicted octanol–water partition coefficient (Wildman–Crippen LogP) is 3.17. The summed E-state index contributed by atoms with van der Waals surface area (Å²) in [6.07, 6.45) is 0. The first-order valence-corrected chi connectivity index (χ1v) is 5.04. The number of methoxy groups -OCH3 is 2. The van der Waals surface area contributed by atoms with E-state index in [1.54, 1.807) is 14.2 Å². The normalized spacial score (nSPS) is 9.88. The molecule has 0 aromatic heterocycles. The third-order valence-corrected chi connectivity index (χ3v) is 2.44. The average molecular weight is 213 g/mol. The molecule has 2 nitrogen and oxygen atoms in total. The van der Waals surface area contributed by atoms with Crippen LogP contribution in [0.4, 0.5) is 0 Å². The minimum atomic E-state index is 0.798. The Balaban J connectivity index is 2.58. The lowest BCUT2D eigenvalue weighted by molar-refractivity contribution is 0.410. The Kier molecular flexibility index (Phi) is 3.10. The monoisotopic (exact) mass is 213 g/mol. The first kappa shape index (κ1) is 10.6. The minimum absolute atomic E-state index is 0.798. The number of benzene rings is 2. The topological polar surface area (TPSA) is 18.5 Å². The standard InChI is InChI=1S/C14H13O2/c1-15-13-9-5-3-7-11(13)12-8-4-6-10-14(12)16-2/h3-5,7-10H,1-2H3. The molecule has 81 valence electrons. The summed E-state index contributed by atoms with van der Waals surface area (Å²) < 4.78 is 10.6. The molecular formula is C14H13O2. The highest BCUT2D eigenvalue weighted by Gasteiger charge is 2.09. The molecular weight excluding hydrogens is 200 g/mol. The van der Waals surface area contributed by atoms with Gasteiger partial charge < -0.3 is 9.47 Å². The van der Waals surface area contributed by atoms with E-state index in [1.807, 2.05) is 42.5 Å². The van der Waals surface area contributed by atoms with Crippen molar-refractivity contribution < 1.29 is 9.47 Å². The molecule has 0 aliphatic rings. The molecule has 0 fully saturated rings. The minimum Gasteiger partial charge on any atom is -0.496 e. The van der Waals surface area contributed by atoms with Crippen LogP contribution in [0.25, 0.3) is 11.1 Å². The van der Waals surface area contributed by atoms with E-state index in [-0.39, 0.29) is 0 Å². The van der Waals surface area contributed by atoms with E-state index in [2.05, 4.69) is 6.07 Å². The lowest BCUT2D eigenvalue weighted by Crippen LogP contribution is -1.91. The molecule has 2 heteroatoms. The molecule has 1 radical (unpaired) electrons. The van der Waals surface area contributed by atoms with Crippen molar-refractivity contribution in [1.29, 1.82) is 0 Å². The van der Waals surface area contributed by atoms with Gasteiger partial charge in [0.2, 0.25) is 0 Å². The molecule has 0 aliphatic heterocycles. The van der Waals surface area contributed by atoms with E-state index in [1.165, 1.54) is 0 Å². The van der Waals surface area contributed by atoms with Crippen LogP contribution in [0.3, 0.4) is 0 Å². The Morgan fingerprint density at radius 1 is 0.875 bits per heavy atom. The molecule has 0 aliphatic carbocycles. The molecule has 2 aromatic carbocycles. The van der Waals surface area contributed by atoms with E-state index in [0.29, 0.717) is 0 Å². The fourth-order valence-corrected chi connectivity index (χ4v) is 1.67. The highest BCUT2D eigenvalue weighted by molar-refractivity contribution is 5.75. The van der Waals surface area contributed by atoms with E-state index in [9.17, 15) is 0 Å². The molecule has 0 spiro atoms. The highest BCUT2D eigenvalue weighted by Crippen LogP contribution is 2.35. The van der Waals surface area contributed by atoms with Crippen LogP contribution in [0.15, 0.2) is 42.5 Å². The summed E-state index contributed by atoms with van der Waals surface area (Å²) in [6, 6.07) is 16.5. The second-order valence-corrected chi connectivity index (χ2v) is 3.33. The van der Waals surface area contributed by atoms with Gasteiger partial charge in [-0.05, 0) is 24.3 Å². The van der Waals surface area contributed by atoms with E-state index in [4.69, 9.17) is 9.47 Å². The summed E-state index contributed by atoms with van der Waals surface area (Å²) in [6.45, 7) is 0. The number of hydrogen-bond donors (Lipinski definition) is 0. The summed E-state index contributed by atoms with van der Waals surface area (Å²) >= 11 is 0. The van der Waals surface area contributed by atoms with Crippen molar-refractivity contribution in [3.05, 3.63) is 48.5 Å². The van der Waals surface area contributed by atoms with E-state index >= 15 is 0 Å². The third-order valence-electron chi connectivity index (χ3n) is 2.44. The van der Waals surface area contributed by atoms with Crippen LogP contribution in [-0.2, 0) is 0 Å². The maximum absolute atomic E-state index is 5.33. The van der Waals surface area contributed by atoms with Crippen molar-refractivity contribution in [1.82, 2.24) is 0 Å². The fourth-order valence-electron chi connectivity index (χ4n) is 1.67. The summed E-state index contributed by atoms with van der Waals surface area (Å²) in [5, 5.41) is 0.